The van der Waals surface area contributed by atoms with Crippen molar-refractivity contribution in [3.05, 3.63) is 76.9 Å². The number of carbonyl (C=O) groups is 1. The van der Waals surface area contributed by atoms with E-state index < -0.39 is 10.8 Å². The van der Waals surface area contributed by atoms with Gasteiger partial charge in [0.2, 0.25) is 0 Å². The first-order valence-electron chi connectivity index (χ1n) is 14.1. The van der Waals surface area contributed by atoms with Gasteiger partial charge in [0.15, 0.2) is 0 Å². The van der Waals surface area contributed by atoms with Crippen LogP contribution in [0.2, 0.25) is 0 Å². The van der Waals surface area contributed by atoms with Crippen LogP contribution < -0.4 is 9.47 Å². The Kier molecular flexibility index (Phi) is 8.74. The summed E-state index contributed by atoms with van der Waals surface area (Å²) in [6.07, 6.45) is 0.628. The number of ether oxygens (including phenoxy) is 3. The highest BCUT2D eigenvalue weighted by Crippen LogP contribution is 2.57. The van der Waals surface area contributed by atoms with Gasteiger partial charge in [0.1, 0.15) is 33.5 Å². The van der Waals surface area contributed by atoms with Gasteiger partial charge >= 0.3 is 5.97 Å². The highest BCUT2D eigenvalue weighted by atomic mass is 32.3. The Labute approximate surface area is 247 Å². The maximum Gasteiger partial charge on any atom is 0.306 e. The summed E-state index contributed by atoms with van der Waals surface area (Å²) in [5.74, 6) is 0.434. The molecule has 1 aliphatic rings. The molecule has 0 saturated carbocycles. The molecule has 0 fully saturated rings. The number of benzene rings is 3. The van der Waals surface area contributed by atoms with Crippen molar-refractivity contribution in [2.45, 2.75) is 57.1 Å². The second kappa shape index (κ2) is 12.3. The minimum absolute atomic E-state index is 0.114. The van der Waals surface area contributed by atoms with Crippen LogP contribution in [0.25, 0.3) is 11.0 Å². The summed E-state index contributed by atoms with van der Waals surface area (Å²) in [5, 5.41) is 8.44. The molecule has 224 valence electrons. The zero-order chi connectivity index (χ0) is 30.0. The summed E-state index contributed by atoms with van der Waals surface area (Å²) in [6.45, 7) is 6.73. The number of carbonyl (C=O) groups excluding carboxylic acids is 1. The summed E-state index contributed by atoms with van der Waals surface area (Å²) in [6, 6.07) is 17.0. The van der Waals surface area contributed by atoms with Gasteiger partial charge in [-0.1, -0.05) is 42.5 Å². The van der Waals surface area contributed by atoms with Crippen LogP contribution in [0.4, 0.5) is 0 Å². The molecule has 11 heteroatoms. The van der Waals surface area contributed by atoms with E-state index >= 15 is 0 Å². The lowest BCUT2D eigenvalue weighted by Gasteiger charge is -2.42. The van der Waals surface area contributed by atoms with Crippen molar-refractivity contribution in [3.63, 3.8) is 0 Å². The molecule has 42 heavy (non-hydrogen) atoms. The molecular formula is C31H38N4O6S. The molecule has 2 N–H and O–H groups in total. The first-order valence-corrected chi connectivity index (χ1v) is 15.6. The van der Waals surface area contributed by atoms with E-state index in [4.69, 9.17) is 14.2 Å². The Morgan fingerprint density at radius 1 is 1.14 bits per heavy atom. The molecule has 3 aromatic carbocycles. The molecule has 0 spiro atoms. The summed E-state index contributed by atoms with van der Waals surface area (Å²) in [7, 11) is 0.0835. The second-order valence-electron chi connectivity index (χ2n) is 10.5. The Bertz CT molecular complexity index is 1590. The van der Waals surface area contributed by atoms with Gasteiger partial charge in [0, 0.05) is 19.5 Å². The molecule has 0 bridgehead atoms. The Morgan fingerprint density at radius 2 is 1.93 bits per heavy atom. The van der Waals surface area contributed by atoms with Crippen molar-refractivity contribution < 1.29 is 28.1 Å². The van der Waals surface area contributed by atoms with E-state index in [0.717, 1.165) is 27.8 Å². The van der Waals surface area contributed by atoms with Crippen LogP contribution in [-0.4, -0.2) is 60.7 Å². The first-order chi connectivity index (χ1) is 20.2. The number of rotatable bonds is 9. The molecule has 10 nitrogen and oxygen atoms in total. The number of fused-ring (bicyclic) bond motifs is 2. The standard InChI is InChI=1S/C31H38N4O6S/c1-6-24-19-35(42(37,38)29-11-9-8-10-27(29)41-24)18-23-14-21(13-12-20(23)3)25(17-30(36)40-7-2)22-15-26-31(28(16-22)39-5)34(4)33-32-26/h8-16,24-25,37-38H,6-7,17-19H2,1-5H3. The van der Waals surface area contributed by atoms with Crippen molar-refractivity contribution in [2.24, 2.45) is 7.05 Å². The van der Waals surface area contributed by atoms with E-state index in [1.807, 2.05) is 50.2 Å². The number of esters is 1. The lowest BCUT2D eigenvalue weighted by molar-refractivity contribution is -0.143. The van der Waals surface area contributed by atoms with E-state index in [9.17, 15) is 13.9 Å². The van der Waals surface area contributed by atoms with Crippen molar-refractivity contribution in [1.82, 2.24) is 19.3 Å². The fourth-order valence-corrected chi connectivity index (χ4v) is 7.06. The number of aromatic nitrogens is 3. The fourth-order valence-electron chi connectivity index (χ4n) is 5.44. The number of para-hydroxylation sites is 1. The average Bonchev–Trinajstić information content (AvgIpc) is 3.31. The maximum absolute atomic E-state index is 12.8. The van der Waals surface area contributed by atoms with Crippen molar-refractivity contribution in [1.29, 1.82) is 0 Å². The quantitative estimate of drug-likeness (QED) is 0.223. The van der Waals surface area contributed by atoms with Crippen LogP contribution in [0.3, 0.4) is 0 Å². The van der Waals surface area contributed by atoms with Gasteiger partial charge in [0.25, 0.3) is 0 Å². The monoisotopic (exact) mass is 594 g/mol. The number of aryl methyl sites for hydroxylation is 2. The molecule has 0 radical (unpaired) electrons. The van der Waals surface area contributed by atoms with Gasteiger partial charge in [0.05, 0.1) is 26.7 Å². The third kappa shape index (κ3) is 5.82. The number of hydrogen-bond donors (Lipinski definition) is 2. The van der Waals surface area contributed by atoms with E-state index in [2.05, 4.69) is 10.3 Å². The fraction of sp³-hybridized carbons (Fsp3) is 0.387. The smallest absolute Gasteiger partial charge is 0.306 e. The van der Waals surface area contributed by atoms with Gasteiger partial charge in [-0.15, -0.1) is 15.9 Å². The molecule has 2 unspecified atom stereocenters. The van der Waals surface area contributed by atoms with Crippen molar-refractivity contribution in [2.75, 3.05) is 20.3 Å². The Hall–Kier alpha value is -3.64. The zero-order valence-electron chi connectivity index (χ0n) is 24.6. The van der Waals surface area contributed by atoms with Gasteiger partial charge in [-0.3, -0.25) is 13.9 Å². The lowest BCUT2D eigenvalue weighted by Crippen LogP contribution is -2.34. The predicted octanol–water partition coefficient (Wildman–Crippen LogP) is 6.07. The molecule has 4 aromatic rings. The molecule has 1 aromatic heterocycles. The first kappa shape index (κ1) is 29.8. The largest absolute Gasteiger partial charge is 0.494 e. The molecule has 5 rings (SSSR count). The number of nitrogens with zero attached hydrogens (tertiary/aromatic N) is 4. The van der Waals surface area contributed by atoms with Crippen molar-refractivity contribution in [3.8, 4) is 11.5 Å². The average molecular weight is 595 g/mol. The highest BCUT2D eigenvalue weighted by Gasteiger charge is 2.35. The topological polar surface area (TPSA) is 119 Å². The summed E-state index contributed by atoms with van der Waals surface area (Å²) >= 11 is 0. The maximum atomic E-state index is 12.8. The van der Waals surface area contributed by atoms with Gasteiger partial charge in [-0.05, 0) is 66.8 Å². The van der Waals surface area contributed by atoms with Crippen molar-refractivity contribution >= 4 is 27.8 Å². The van der Waals surface area contributed by atoms with E-state index in [-0.39, 0.29) is 37.6 Å². The van der Waals surface area contributed by atoms with Crippen LogP contribution in [-0.2, 0) is 23.1 Å². The normalized spacial score (nSPS) is 18.0. The lowest BCUT2D eigenvalue weighted by atomic mass is 9.86. The van der Waals surface area contributed by atoms with E-state index in [1.54, 1.807) is 48.3 Å². The summed E-state index contributed by atoms with van der Waals surface area (Å²) in [5.41, 5.74) is 5.08. The van der Waals surface area contributed by atoms with Crippen LogP contribution in [0, 0.1) is 6.92 Å². The predicted molar refractivity (Wildman–Crippen MR) is 162 cm³/mol. The van der Waals surface area contributed by atoms with Gasteiger partial charge in [-0.2, -0.15) is 4.31 Å². The minimum Gasteiger partial charge on any atom is -0.494 e. The Balaban J connectivity index is 1.56. The molecule has 0 aliphatic carbocycles. The van der Waals surface area contributed by atoms with Crippen LogP contribution in [0.1, 0.15) is 54.9 Å². The van der Waals surface area contributed by atoms with Gasteiger partial charge in [-0.25, -0.2) is 4.68 Å². The van der Waals surface area contributed by atoms with E-state index in [1.165, 1.54) is 0 Å². The molecular weight excluding hydrogens is 556 g/mol. The summed E-state index contributed by atoms with van der Waals surface area (Å²) < 4.78 is 43.6. The molecule has 2 atom stereocenters. The third-order valence-electron chi connectivity index (χ3n) is 7.77. The minimum atomic E-state index is -3.32. The second-order valence-corrected chi connectivity index (χ2v) is 12.5. The molecule has 0 saturated heterocycles. The summed E-state index contributed by atoms with van der Waals surface area (Å²) in [4.78, 5) is 13.2. The van der Waals surface area contributed by atoms with Crippen LogP contribution in [0.15, 0.2) is 59.5 Å². The van der Waals surface area contributed by atoms with E-state index in [0.29, 0.717) is 34.9 Å². The Morgan fingerprint density at radius 3 is 2.67 bits per heavy atom. The van der Waals surface area contributed by atoms with Crippen LogP contribution in [0.5, 0.6) is 11.5 Å². The zero-order valence-corrected chi connectivity index (χ0v) is 25.4. The number of hydrogen-bond acceptors (Lipinski definition) is 9. The molecule has 1 aliphatic heterocycles. The molecule has 2 heterocycles. The number of methoxy groups -OCH3 is 1. The molecule has 0 amide bonds. The highest BCUT2D eigenvalue weighted by molar-refractivity contribution is 8.22. The SMILES string of the molecule is CCOC(=O)CC(c1ccc(C)c(CN2CC(CC)Oc3ccccc3S2(O)O)c1)c1cc(OC)c2c(c1)nnn2C. The van der Waals surface area contributed by atoms with Crippen LogP contribution >= 0.6 is 10.8 Å². The van der Waals surface area contributed by atoms with Gasteiger partial charge < -0.3 is 14.2 Å². The third-order valence-corrected chi connectivity index (χ3v) is 9.69.